The number of carboxylic acid groups (broad SMARTS) is 1. The van der Waals surface area contributed by atoms with E-state index in [1.54, 1.807) is 18.2 Å². The first-order valence-electron chi connectivity index (χ1n) is 6.05. The number of thiophene rings is 1. The summed E-state index contributed by atoms with van der Waals surface area (Å²) >= 11 is 13.4. The van der Waals surface area contributed by atoms with E-state index in [1.807, 2.05) is 0 Å². The van der Waals surface area contributed by atoms with Crippen LogP contribution in [0.4, 0.5) is 0 Å². The summed E-state index contributed by atoms with van der Waals surface area (Å²) in [4.78, 5) is 25.3. The molecule has 7 heteroatoms. The van der Waals surface area contributed by atoms with Crippen LogP contribution in [0.3, 0.4) is 0 Å². The molecule has 1 amide bonds. The van der Waals surface area contributed by atoms with Gasteiger partial charge in [0.15, 0.2) is 0 Å². The summed E-state index contributed by atoms with van der Waals surface area (Å²) < 4.78 is 0.789. The highest BCUT2D eigenvalue weighted by Crippen LogP contribution is 2.37. The Kier molecular flexibility index (Phi) is 4.19. The summed E-state index contributed by atoms with van der Waals surface area (Å²) in [5.74, 6) is -1.51. The predicted octanol–water partition coefficient (Wildman–Crippen LogP) is 4.14. The Morgan fingerprint density at radius 1 is 1.29 bits per heavy atom. The second-order valence-corrected chi connectivity index (χ2v) is 6.98. The molecule has 112 valence electrons. The number of rotatable bonds is 3. The number of nitrogens with zero attached hydrogens (tertiary/aromatic N) is 1. The van der Waals surface area contributed by atoms with Gasteiger partial charge in [-0.25, -0.2) is 4.79 Å². The molecule has 2 aromatic rings. The maximum atomic E-state index is 12.5. The molecule has 1 aromatic heterocycles. The fraction of sp³-hybridized carbons (Fsp3) is 0.286. The molecule has 0 aliphatic rings. The van der Waals surface area contributed by atoms with Crippen molar-refractivity contribution >= 4 is 56.5 Å². The van der Waals surface area contributed by atoms with Crippen molar-refractivity contribution in [3.8, 4) is 0 Å². The van der Waals surface area contributed by atoms with E-state index in [0.29, 0.717) is 14.9 Å². The molecule has 1 N–H and O–H groups in total. The van der Waals surface area contributed by atoms with Gasteiger partial charge in [-0.3, -0.25) is 4.79 Å². The van der Waals surface area contributed by atoms with Gasteiger partial charge >= 0.3 is 5.97 Å². The maximum Gasteiger partial charge on any atom is 0.329 e. The van der Waals surface area contributed by atoms with Gasteiger partial charge in [0, 0.05) is 22.2 Å². The number of aliphatic carboxylic acids is 1. The van der Waals surface area contributed by atoms with Gasteiger partial charge in [0.25, 0.3) is 5.91 Å². The lowest BCUT2D eigenvalue weighted by atomic mass is 10.0. The van der Waals surface area contributed by atoms with Gasteiger partial charge in [-0.15, -0.1) is 11.3 Å². The van der Waals surface area contributed by atoms with Crippen molar-refractivity contribution in [2.24, 2.45) is 0 Å². The zero-order valence-electron chi connectivity index (χ0n) is 11.6. The van der Waals surface area contributed by atoms with E-state index in [1.165, 1.54) is 37.1 Å². The number of hydrogen-bond donors (Lipinski definition) is 1. The van der Waals surface area contributed by atoms with Gasteiger partial charge in [0.1, 0.15) is 10.4 Å². The van der Waals surface area contributed by atoms with E-state index in [9.17, 15) is 14.7 Å². The summed E-state index contributed by atoms with van der Waals surface area (Å²) in [5.41, 5.74) is -1.33. The smallest absolute Gasteiger partial charge is 0.329 e. The van der Waals surface area contributed by atoms with E-state index in [4.69, 9.17) is 23.2 Å². The van der Waals surface area contributed by atoms with Crippen LogP contribution in [-0.2, 0) is 4.79 Å². The lowest BCUT2D eigenvalue weighted by Crippen LogP contribution is -2.50. The van der Waals surface area contributed by atoms with E-state index in [0.717, 1.165) is 10.1 Å². The van der Waals surface area contributed by atoms with Crippen molar-refractivity contribution in [3.05, 3.63) is 33.1 Å². The van der Waals surface area contributed by atoms with Crippen molar-refractivity contribution in [1.82, 2.24) is 4.90 Å². The number of hydrogen-bond acceptors (Lipinski definition) is 3. The van der Waals surface area contributed by atoms with Crippen LogP contribution in [0.25, 0.3) is 10.1 Å². The van der Waals surface area contributed by atoms with E-state index < -0.39 is 17.4 Å². The Hall–Kier alpha value is -1.30. The Bertz CT molecular complexity index is 739. The van der Waals surface area contributed by atoms with Crippen molar-refractivity contribution < 1.29 is 14.7 Å². The largest absolute Gasteiger partial charge is 0.480 e. The minimum atomic E-state index is -1.33. The number of amides is 1. The van der Waals surface area contributed by atoms with Crippen LogP contribution in [0.5, 0.6) is 0 Å². The maximum absolute atomic E-state index is 12.5. The molecular formula is C14H13Cl2NO3S. The molecule has 0 radical (unpaired) electrons. The Morgan fingerprint density at radius 2 is 1.90 bits per heavy atom. The Balaban J connectivity index is 2.49. The minimum Gasteiger partial charge on any atom is -0.480 e. The summed E-state index contributed by atoms with van der Waals surface area (Å²) in [7, 11) is 1.45. The Labute approximate surface area is 135 Å². The predicted molar refractivity (Wildman–Crippen MR) is 85.7 cm³/mol. The fourth-order valence-corrected chi connectivity index (χ4v) is 3.49. The van der Waals surface area contributed by atoms with Crippen LogP contribution in [0.2, 0.25) is 10.0 Å². The summed E-state index contributed by atoms with van der Waals surface area (Å²) in [6.07, 6.45) is 0. The van der Waals surface area contributed by atoms with E-state index in [-0.39, 0.29) is 0 Å². The Morgan fingerprint density at radius 3 is 2.48 bits per heavy atom. The number of carbonyl (C=O) groups is 2. The van der Waals surface area contributed by atoms with Gasteiger partial charge < -0.3 is 10.0 Å². The van der Waals surface area contributed by atoms with Crippen molar-refractivity contribution in [3.63, 3.8) is 0 Å². The third-order valence-corrected chi connectivity index (χ3v) is 5.33. The second-order valence-electron chi connectivity index (χ2n) is 5.11. The molecule has 0 atom stereocenters. The van der Waals surface area contributed by atoms with Gasteiger partial charge in [0.2, 0.25) is 0 Å². The van der Waals surface area contributed by atoms with Crippen LogP contribution in [0.15, 0.2) is 18.2 Å². The monoisotopic (exact) mass is 345 g/mol. The molecule has 0 saturated heterocycles. The van der Waals surface area contributed by atoms with Crippen LogP contribution >= 0.6 is 34.5 Å². The molecular weight excluding hydrogens is 333 g/mol. The highest BCUT2D eigenvalue weighted by Gasteiger charge is 2.37. The SMILES string of the molecule is CN(C(=O)c1sc2cc(Cl)ccc2c1Cl)C(C)(C)C(=O)O. The minimum absolute atomic E-state index is 0.311. The summed E-state index contributed by atoms with van der Waals surface area (Å²) in [6.45, 7) is 2.93. The van der Waals surface area contributed by atoms with Crippen molar-refractivity contribution in [2.75, 3.05) is 7.05 Å². The third kappa shape index (κ3) is 2.73. The third-order valence-electron chi connectivity index (χ3n) is 3.45. The molecule has 0 unspecified atom stereocenters. The fourth-order valence-electron chi connectivity index (χ4n) is 1.73. The van der Waals surface area contributed by atoms with Crippen molar-refractivity contribution in [2.45, 2.75) is 19.4 Å². The highest BCUT2D eigenvalue weighted by atomic mass is 35.5. The lowest BCUT2D eigenvalue weighted by molar-refractivity contribution is -0.147. The number of likely N-dealkylation sites (N-methyl/N-ethyl adjacent to an activating group) is 1. The van der Waals surface area contributed by atoms with E-state index >= 15 is 0 Å². The highest BCUT2D eigenvalue weighted by molar-refractivity contribution is 7.21. The number of carbonyl (C=O) groups excluding carboxylic acids is 1. The molecule has 0 aliphatic heterocycles. The summed E-state index contributed by atoms with van der Waals surface area (Å²) in [6, 6.07) is 5.17. The first-order valence-corrected chi connectivity index (χ1v) is 7.62. The van der Waals surface area contributed by atoms with Gasteiger partial charge in [-0.2, -0.15) is 0 Å². The van der Waals surface area contributed by atoms with Crippen LogP contribution in [0.1, 0.15) is 23.5 Å². The van der Waals surface area contributed by atoms with Gasteiger partial charge in [-0.1, -0.05) is 29.3 Å². The van der Waals surface area contributed by atoms with Crippen molar-refractivity contribution in [1.29, 1.82) is 0 Å². The standard InChI is InChI=1S/C14H13Cl2NO3S/c1-14(2,13(19)20)17(3)12(18)11-10(16)8-5-4-7(15)6-9(8)21-11/h4-6H,1-3H3,(H,19,20). The molecule has 4 nitrogen and oxygen atoms in total. The zero-order chi connectivity index (χ0) is 15.9. The number of halogens is 2. The average molecular weight is 346 g/mol. The average Bonchev–Trinajstić information content (AvgIpc) is 2.73. The molecule has 1 heterocycles. The molecule has 2 rings (SSSR count). The molecule has 21 heavy (non-hydrogen) atoms. The number of fused-ring (bicyclic) bond motifs is 1. The van der Waals surface area contributed by atoms with Crippen LogP contribution in [-0.4, -0.2) is 34.5 Å². The van der Waals surface area contributed by atoms with E-state index in [2.05, 4.69) is 0 Å². The van der Waals surface area contributed by atoms with Crippen LogP contribution < -0.4 is 0 Å². The first-order chi connectivity index (χ1) is 9.66. The molecule has 0 bridgehead atoms. The number of benzene rings is 1. The molecule has 1 aromatic carbocycles. The van der Waals surface area contributed by atoms with Crippen LogP contribution in [0, 0.1) is 0 Å². The zero-order valence-corrected chi connectivity index (χ0v) is 13.9. The second kappa shape index (κ2) is 5.48. The first kappa shape index (κ1) is 16.1. The molecule has 0 saturated carbocycles. The lowest BCUT2D eigenvalue weighted by Gasteiger charge is -2.31. The number of carboxylic acids is 1. The van der Waals surface area contributed by atoms with Gasteiger partial charge in [-0.05, 0) is 26.0 Å². The normalized spacial score (nSPS) is 11.7. The molecule has 0 fully saturated rings. The molecule has 0 aliphatic carbocycles. The molecule has 0 spiro atoms. The topological polar surface area (TPSA) is 57.6 Å². The summed E-state index contributed by atoms with van der Waals surface area (Å²) in [5, 5.41) is 10.8. The van der Waals surface area contributed by atoms with Gasteiger partial charge in [0.05, 0.1) is 5.02 Å². The quantitative estimate of drug-likeness (QED) is 0.909.